The number of carbonyl (C=O) groups excluding carboxylic acids is 1. The van der Waals surface area contributed by atoms with Crippen LogP contribution in [-0.4, -0.2) is 74.7 Å². The lowest BCUT2D eigenvalue weighted by Gasteiger charge is -2.34. The average Bonchev–Trinajstić information content (AvgIpc) is 3.24. The lowest BCUT2D eigenvalue weighted by Crippen LogP contribution is -2.44. The number of pyridine rings is 1. The van der Waals surface area contributed by atoms with E-state index < -0.39 is 0 Å². The van der Waals surface area contributed by atoms with Crippen LogP contribution in [0.15, 0.2) is 36.8 Å². The van der Waals surface area contributed by atoms with Gasteiger partial charge in [0.1, 0.15) is 11.5 Å². The van der Waals surface area contributed by atoms with Gasteiger partial charge < -0.3 is 20.1 Å². The summed E-state index contributed by atoms with van der Waals surface area (Å²) in [5, 5.41) is 15.8. The number of hydrogen-bond acceptors (Lipinski definition) is 8. The minimum Gasteiger partial charge on any atom is -0.395 e. The van der Waals surface area contributed by atoms with E-state index in [1.54, 1.807) is 36.4 Å². The quantitative estimate of drug-likeness (QED) is 0.600. The van der Waals surface area contributed by atoms with Crippen LogP contribution in [0.4, 0.5) is 5.82 Å². The summed E-state index contributed by atoms with van der Waals surface area (Å²) in [6.07, 6.45) is 5.19. The van der Waals surface area contributed by atoms with Crippen molar-refractivity contribution in [2.75, 3.05) is 37.8 Å². The monoisotopic (exact) mass is 423 g/mol. The number of amides is 1. The molecule has 1 fully saturated rings. The first kappa shape index (κ1) is 20.9. The van der Waals surface area contributed by atoms with Gasteiger partial charge in [0, 0.05) is 38.1 Å². The molecule has 4 rings (SSSR count). The van der Waals surface area contributed by atoms with E-state index in [-0.39, 0.29) is 30.8 Å². The molecule has 10 heteroatoms. The molecule has 10 nitrogen and oxygen atoms in total. The SMILES string of the molecule is CC1COCCN1c1ccc(-c2cc(C(=O)NCCO)nc(-c3cnn(C)c3)n2)cn1. The maximum absolute atomic E-state index is 12.5. The molecule has 4 heterocycles. The van der Waals surface area contributed by atoms with E-state index in [0.29, 0.717) is 30.3 Å². The summed E-state index contributed by atoms with van der Waals surface area (Å²) in [6, 6.07) is 5.77. The predicted molar refractivity (Wildman–Crippen MR) is 115 cm³/mol. The van der Waals surface area contributed by atoms with Crippen LogP contribution in [0.2, 0.25) is 0 Å². The van der Waals surface area contributed by atoms with E-state index in [2.05, 4.69) is 37.2 Å². The maximum Gasteiger partial charge on any atom is 0.270 e. The molecule has 0 bridgehead atoms. The highest BCUT2D eigenvalue weighted by Gasteiger charge is 2.20. The molecular weight excluding hydrogens is 398 g/mol. The second-order valence-electron chi connectivity index (χ2n) is 7.37. The van der Waals surface area contributed by atoms with Crippen molar-refractivity contribution in [2.24, 2.45) is 7.05 Å². The first-order chi connectivity index (χ1) is 15.0. The average molecular weight is 423 g/mol. The molecule has 0 saturated carbocycles. The number of carbonyl (C=O) groups is 1. The van der Waals surface area contributed by atoms with E-state index in [1.165, 1.54) is 0 Å². The van der Waals surface area contributed by atoms with Crippen molar-refractivity contribution < 1.29 is 14.6 Å². The Kier molecular flexibility index (Phi) is 6.19. The molecule has 2 N–H and O–H groups in total. The molecule has 1 aliphatic heterocycles. The highest BCUT2D eigenvalue weighted by Crippen LogP contribution is 2.24. The number of anilines is 1. The summed E-state index contributed by atoms with van der Waals surface area (Å²) in [6.45, 7) is 4.26. The second kappa shape index (κ2) is 9.19. The van der Waals surface area contributed by atoms with Gasteiger partial charge in [-0.05, 0) is 25.1 Å². The fraction of sp³-hybridized carbons (Fsp3) is 0.381. The summed E-state index contributed by atoms with van der Waals surface area (Å²) < 4.78 is 7.15. The Morgan fingerprint density at radius 1 is 1.29 bits per heavy atom. The van der Waals surface area contributed by atoms with Crippen molar-refractivity contribution in [3.05, 3.63) is 42.5 Å². The van der Waals surface area contributed by atoms with Crippen LogP contribution in [0.1, 0.15) is 17.4 Å². The molecule has 3 aromatic heterocycles. The normalized spacial score (nSPS) is 16.4. The topological polar surface area (TPSA) is 118 Å². The molecule has 0 spiro atoms. The highest BCUT2D eigenvalue weighted by molar-refractivity contribution is 5.93. The van der Waals surface area contributed by atoms with E-state index in [9.17, 15) is 4.79 Å². The smallest absolute Gasteiger partial charge is 0.270 e. The minimum absolute atomic E-state index is 0.147. The summed E-state index contributed by atoms with van der Waals surface area (Å²) in [5.41, 5.74) is 2.26. The summed E-state index contributed by atoms with van der Waals surface area (Å²) in [5.74, 6) is 0.891. The molecule has 0 aliphatic carbocycles. The number of morpholine rings is 1. The molecule has 1 amide bonds. The van der Waals surface area contributed by atoms with E-state index in [0.717, 1.165) is 17.9 Å². The van der Waals surface area contributed by atoms with Crippen molar-refractivity contribution >= 4 is 11.7 Å². The summed E-state index contributed by atoms with van der Waals surface area (Å²) in [7, 11) is 1.80. The van der Waals surface area contributed by atoms with Crippen molar-refractivity contribution in [3.8, 4) is 22.6 Å². The van der Waals surface area contributed by atoms with Crippen molar-refractivity contribution in [3.63, 3.8) is 0 Å². The Morgan fingerprint density at radius 2 is 2.16 bits per heavy atom. The standard InChI is InChI=1S/C21H25N7O3/c1-14-13-31-8-6-28(14)19-4-3-15(10-23-19)17-9-18(21(30)22-5-7-29)26-20(25-17)16-11-24-27(2)12-16/h3-4,9-12,14,29H,5-8,13H2,1-2H3,(H,22,30). The second-order valence-corrected chi connectivity index (χ2v) is 7.37. The number of hydrogen-bond donors (Lipinski definition) is 2. The van der Waals surface area contributed by atoms with E-state index in [1.807, 2.05) is 12.1 Å². The number of aliphatic hydroxyl groups excluding tert-OH is 1. The molecule has 1 unspecified atom stereocenters. The maximum atomic E-state index is 12.5. The predicted octanol–water partition coefficient (Wildman–Crippen LogP) is 0.886. The third-order valence-corrected chi connectivity index (χ3v) is 5.02. The molecule has 3 aromatic rings. The fourth-order valence-corrected chi connectivity index (χ4v) is 3.41. The number of aromatic nitrogens is 5. The third kappa shape index (κ3) is 4.70. The van der Waals surface area contributed by atoms with Gasteiger partial charge in [-0.15, -0.1) is 0 Å². The van der Waals surface area contributed by atoms with Gasteiger partial charge in [-0.1, -0.05) is 0 Å². The van der Waals surface area contributed by atoms with Crippen LogP contribution in [0.3, 0.4) is 0 Å². The Bertz CT molecular complexity index is 1050. The lowest BCUT2D eigenvalue weighted by atomic mass is 10.1. The molecule has 1 saturated heterocycles. The molecule has 0 aromatic carbocycles. The summed E-state index contributed by atoms with van der Waals surface area (Å²) >= 11 is 0. The zero-order chi connectivity index (χ0) is 21.8. The lowest BCUT2D eigenvalue weighted by molar-refractivity contribution is 0.0939. The van der Waals surface area contributed by atoms with Gasteiger partial charge in [0.25, 0.3) is 5.91 Å². The van der Waals surface area contributed by atoms with Crippen LogP contribution in [0.5, 0.6) is 0 Å². The van der Waals surface area contributed by atoms with Gasteiger partial charge in [0.15, 0.2) is 5.82 Å². The van der Waals surface area contributed by atoms with E-state index >= 15 is 0 Å². The van der Waals surface area contributed by atoms with Crippen LogP contribution >= 0.6 is 0 Å². The number of nitrogens with one attached hydrogen (secondary N) is 1. The third-order valence-electron chi connectivity index (χ3n) is 5.02. The number of aliphatic hydroxyl groups is 1. The van der Waals surface area contributed by atoms with E-state index in [4.69, 9.17) is 9.84 Å². The van der Waals surface area contributed by atoms with Gasteiger partial charge in [0.2, 0.25) is 0 Å². The largest absolute Gasteiger partial charge is 0.395 e. The zero-order valence-electron chi connectivity index (χ0n) is 17.5. The summed E-state index contributed by atoms with van der Waals surface area (Å²) in [4.78, 5) is 28.4. The van der Waals surface area contributed by atoms with Crippen molar-refractivity contribution in [1.82, 2.24) is 30.0 Å². The Balaban J connectivity index is 1.68. The Hall–Kier alpha value is -3.37. The molecule has 162 valence electrons. The van der Waals surface area contributed by atoms with Crippen LogP contribution < -0.4 is 10.2 Å². The Morgan fingerprint density at radius 3 is 2.84 bits per heavy atom. The molecular formula is C21H25N7O3. The van der Waals surface area contributed by atoms with Gasteiger partial charge >= 0.3 is 0 Å². The molecule has 0 radical (unpaired) electrons. The zero-order valence-corrected chi connectivity index (χ0v) is 17.5. The van der Waals surface area contributed by atoms with Crippen LogP contribution in [0, 0.1) is 0 Å². The fourth-order valence-electron chi connectivity index (χ4n) is 3.41. The van der Waals surface area contributed by atoms with Gasteiger partial charge in [-0.25, -0.2) is 15.0 Å². The number of rotatable bonds is 6. The Labute approximate surface area is 179 Å². The van der Waals surface area contributed by atoms with Crippen LogP contribution in [-0.2, 0) is 11.8 Å². The van der Waals surface area contributed by atoms with Gasteiger partial charge in [0.05, 0.1) is 43.3 Å². The van der Waals surface area contributed by atoms with Crippen LogP contribution in [0.25, 0.3) is 22.6 Å². The minimum atomic E-state index is -0.380. The first-order valence-corrected chi connectivity index (χ1v) is 10.1. The number of aryl methyl sites for hydroxylation is 1. The molecule has 1 aliphatic rings. The van der Waals surface area contributed by atoms with Gasteiger partial charge in [-0.2, -0.15) is 5.10 Å². The number of ether oxygens (including phenoxy) is 1. The highest BCUT2D eigenvalue weighted by atomic mass is 16.5. The van der Waals surface area contributed by atoms with Gasteiger partial charge in [-0.3, -0.25) is 9.48 Å². The number of nitrogens with zero attached hydrogens (tertiary/aromatic N) is 6. The molecule has 31 heavy (non-hydrogen) atoms. The molecule has 1 atom stereocenters. The van der Waals surface area contributed by atoms with Crippen molar-refractivity contribution in [2.45, 2.75) is 13.0 Å². The van der Waals surface area contributed by atoms with Crippen molar-refractivity contribution in [1.29, 1.82) is 0 Å². The first-order valence-electron chi connectivity index (χ1n) is 10.1.